The Bertz CT molecular complexity index is 12.4. The molecule has 0 aromatic rings. The van der Waals surface area contributed by atoms with Gasteiger partial charge in [0, 0.05) is 0 Å². The van der Waals surface area contributed by atoms with Gasteiger partial charge in [-0.2, -0.15) is 0 Å². The smallest absolute Gasteiger partial charge is 0.0777 e. The van der Waals surface area contributed by atoms with E-state index in [1.165, 1.54) is 10.4 Å². The van der Waals surface area contributed by atoms with E-state index in [0.29, 0.717) is 0 Å². The molecule has 0 aromatic carbocycles. The molecule has 0 aliphatic carbocycles. The lowest BCUT2D eigenvalue weighted by molar-refractivity contribution is 0.679. The number of hydrogen-bond acceptors (Lipinski definition) is 1. The molecule has 34 valence electrons. The molecule has 1 nitrogen and oxygen atoms in total. The molecule has 0 spiro atoms. The first-order valence-corrected chi connectivity index (χ1v) is 2.24. The molecule has 0 atom stereocenters. The Morgan fingerprint density at radius 1 is 1.40 bits per heavy atom. The first-order valence-electron chi connectivity index (χ1n) is 1.34. The average Bonchev–Trinajstić information content (AvgIpc) is 0.811. The number of hydrogen-bond donors (Lipinski definition) is 0. The summed E-state index contributed by atoms with van der Waals surface area (Å²) in [6, 6.07) is 0. The first kappa shape index (κ1) is 9.04. The Morgan fingerprint density at radius 3 is 1.40 bits per heavy atom. The van der Waals surface area contributed by atoms with Gasteiger partial charge in [0.15, 0.2) is 0 Å². The van der Waals surface area contributed by atoms with E-state index in [0.717, 1.165) is 0 Å². The van der Waals surface area contributed by atoms with E-state index in [4.69, 9.17) is 0 Å². The van der Waals surface area contributed by atoms with Crippen molar-refractivity contribution in [2.45, 2.75) is 0 Å². The van der Waals surface area contributed by atoms with E-state index in [1.807, 2.05) is 0 Å². The van der Waals surface area contributed by atoms with Crippen molar-refractivity contribution in [3.63, 3.8) is 0 Å². The lowest BCUT2D eigenvalue weighted by atomic mass is 11.3. The van der Waals surface area contributed by atoms with Gasteiger partial charge in [-0.25, -0.2) is 0 Å². The molecule has 0 radical (unpaired) electrons. The van der Waals surface area contributed by atoms with Crippen LogP contribution in [-0.4, -0.2) is 40.0 Å². The van der Waals surface area contributed by atoms with E-state index < -0.39 is 0 Å². The highest BCUT2D eigenvalue weighted by molar-refractivity contribution is 6.03. The van der Waals surface area contributed by atoms with Crippen molar-refractivity contribution in [1.29, 1.82) is 0 Å². The Kier molecular flexibility index (Phi) is 7.94. The molecule has 0 amide bonds. The van der Waals surface area contributed by atoms with Gasteiger partial charge in [-0.3, -0.25) is 0 Å². The van der Waals surface area contributed by atoms with E-state index in [2.05, 4.69) is 18.7 Å². The Balaban J connectivity index is 0. The van der Waals surface area contributed by atoms with Gasteiger partial charge in [-0.15, -0.1) is 0 Å². The van der Waals surface area contributed by atoms with Gasteiger partial charge in [-0.1, -0.05) is 0 Å². The van der Waals surface area contributed by atoms with Crippen LogP contribution in [0.5, 0.6) is 0 Å². The minimum atomic E-state index is 0. The molecule has 5 heavy (non-hydrogen) atoms. The lowest BCUT2D eigenvalue weighted by Gasteiger charge is -1.90. The van der Waals surface area contributed by atoms with Crippen LogP contribution in [0.4, 0.5) is 0 Å². The maximum absolute atomic E-state index is 2.14. The van der Waals surface area contributed by atoms with Crippen LogP contribution in [0, 0.1) is 0 Å². The zero-order chi connectivity index (χ0) is 3.58. The van der Waals surface area contributed by atoms with Crippen LogP contribution in [0.2, 0.25) is 0 Å². The number of rotatable bonds is 0. The summed E-state index contributed by atoms with van der Waals surface area (Å²) in [4.78, 5) is 0. The molecule has 0 heterocycles. The molecular weight excluding hydrogens is 94.2 g/mol. The third-order valence-electron chi connectivity index (χ3n) is 0. The van der Waals surface area contributed by atoms with Crippen LogP contribution >= 0.6 is 0 Å². The summed E-state index contributed by atoms with van der Waals surface area (Å²) >= 11 is 0. The van der Waals surface area contributed by atoms with Gasteiger partial charge in [-0.05, 0) is 25.1 Å². The molecule has 0 fully saturated rings. The summed E-state index contributed by atoms with van der Waals surface area (Å²) in [7, 11) is 5.31. The van der Waals surface area contributed by atoms with Crippen molar-refractivity contribution in [2.24, 2.45) is 0 Å². The monoisotopic (exact) mass is 107 g/mol. The molecule has 0 rings (SSSR count). The molecule has 3 heteroatoms. The Hall–Kier alpha value is 0.394. The van der Waals surface area contributed by atoms with Crippen molar-refractivity contribution in [3.8, 4) is 0 Å². The average molecular weight is 107 g/mol. The molecule has 0 saturated heterocycles. The fraction of sp³-hybridized carbons (Fsp3) is 1.00. The van der Waals surface area contributed by atoms with Crippen molar-refractivity contribution < 1.29 is 0 Å². The van der Waals surface area contributed by atoms with Crippen molar-refractivity contribution in [2.75, 3.05) is 14.1 Å². The maximum atomic E-state index is 2.14. The van der Waals surface area contributed by atoms with E-state index >= 15 is 0 Å². The predicted octanol–water partition coefficient (Wildman–Crippen LogP) is -2.62. The summed E-state index contributed by atoms with van der Waals surface area (Å²) in [6.07, 6.45) is 0. The Labute approximate surface area is 40.9 Å². The normalized spacial score (nSPS) is 7.80. The molecular formula is C2H13NSi2. The van der Waals surface area contributed by atoms with Crippen LogP contribution in [0.3, 0.4) is 0 Å². The molecule has 0 unspecified atom stereocenters. The summed E-state index contributed by atoms with van der Waals surface area (Å²) in [5.74, 6) is 0. The van der Waals surface area contributed by atoms with Gasteiger partial charge in [0.1, 0.15) is 0 Å². The molecule has 0 bridgehead atoms. The van der Waals surface area contributed by atoms with Gasteiger partial charge in [0.25, 0.3) is 0 Å². The van der Waals surface area contributed by atoms with Crippen LogP contribution in [-0.2, 0) is 0 Å². The molecule has 0 N–H and O–H groups in total. The molecule has 0 saturated carbocycles. The first-order chi connectivity index (χ1) is 1.73. The zero-order valence-corrected chi connectivity index (χ0v) is 5.45. The quantitative estimate of drug-likeness (QED) is 0.306. The molecule has 0 aliphatic rings. The minimum absolute atomic E-state index is 0. The van der Waals surface area contributed by atoms with Gasteiger partial charge in [0.2, 0.25) is 0 Å². The van der Waals surface area contributed by atoms with E-state index in [-0.39, 0.29) is 11.0 Å². The van der Waals surface area contributed by atoms with E-state index in [9.17, 15) is 0 Å². The topological polar surface area (TPSA) is 3.24 Å². The second-order valence-electron chi connectivity index (χ2n) is 1.34. The highest BCUT2D eigenvalue weighted by Gasteiger charge is 1.58. The summed E-state index contributed by atoms with van der Waals surface area (Å²) in [5.41, 5.74) is 0. The maximum Gasteiger partial charge on any atom is 0.0777 e. The fourth-order valence-corrected chi connectivity index (χ4v) is 0. The molecule has 0 aliphatic heterocycles. The fourth-order valence-electron chi connectivity index (χ4n) is 0. The van der Waals surface area contributed by atoms with Crippen LogP contribution in [0.1, 0.15) is 0 Å². The highest BCUT2D eigenvalue weighted by Crippen LogP contribution is 1.44. The van der Waals surface area contributed by atoms with Gasteiger partial charge >= 0.3 is 0 Å². The third kappa shape index (κ3) is 162. The largest absolute Gasteiger partial charge is 0.337 e. The van der Waals surface area contributed by atoms with Gasteiger partial charge < -0.3 is 4.57 Å². The zero-order valence-electron chi connectivity index (χ0n) is 3.45. The third-order valence-corrected chi connectivity index (χ3v) is 0. The van der Waals surface area contributed by atoms with Gasteiger partial charge in [0.05, 0.1) is 10.4 Å². The summed E-state index contributed by atoms with van der Waals surface area (Å²) in [5, 5.41) is 0. The second kappa shape index (κ2) is 4.39. The van der Waals surface area contributed by atoms with Crippen molar-refractivity contribution in [3.05, 3.63) is 0 Å². The van der Waals surface area contributed by atoms with Crippen molar-refractivity contribution >= 4 is 21.4 Å². The number of nitrogens with zero attached hydrogens (tertiary/aromatic N) is 1. The van der Waals surface area contributed by atoms with Crippen LogP contribution in [0.15, 0.2) is 0 Å². The predicted molar refractivity (Wildman–Crippen MR) is 35.0 cm³/mol. The SMILES string of the molecule is CN(C)[SiH3].[SiH4]. The minimum Gasteiger partial charge on any atom is -0.337 e. The summed E-state index contributed by atoms with van der Waals surface area (Å²) < 4.78 is 2.14. The lowest BCUT2D eigenvalue weighted by Crippen LogP contribution is -2.02. The second-order valence-corrected chi connectivity index (χ2v) is 3.13. The Morgan fingerprint density at radius 2 is 1.40 bits per heavy atom. The standard InChI is InChI=1S/C2H9NSi.H4Si/c1-3(2)4;/h1-2,4H3;1H4. The highest BCUT2D eigenvalue weighted by atomic mass is 28.2. The van der Waals surface area contributed by atoms with E-state index in [1.54, 1.807) is 0 Å². The molecule has 0 aromatic heterocycles. The summed E-state index contributed by atoms with van der Waals surface area (Å²) in [6.45, 7) is 0. The van der Waals surface area contributed by atoms with Crippen LogP contribution < -0.4 is 0 Å². The van der Waals surface area contributed by atoms with Crippen LogP contribution in [0.25, 0.3) is 0 Å². The van der Waals surface area contributed by atoms with Crippen molar-refractivity contribution in [1.82, 2.24) is 4.57 Å².